The van der Waals surface area contributed by atoms with Crippen LogP contribution in [0, 0.1) is 0 Å². The summed E-state index contributed by atoms with van der Waals surface area (Å²) in [6.07, 6.45) is 8.86. The van der Waals surface area contributed by atoms with Gasteiger partial charge in [0.15, 0.2) is 0 Å². The number of rotatable bonds is 5. The molecule has 0 radical (unpaired) electrons. The molecule has 1 aliphatic carbocycles. The molecule has 3 heterocycles. The zero-order chi connectivity index (χ0) is 19.3. The van der Waals surface area contributed by atoms with Gasteiger partial charge in [0.25, 0.3) is 5.56 Å². The molecule has 1 saturated carbocycles. The molecule has 3 aliphatic rings. The summed E-state index contributed by atoms with van der Waals surface area (Å²) in [5.74, 6) is 0.871. The molecule has 28 heavy (non-hydrogen) atoms. The van der Waals surface area contributed by atoms with Crippen LogP contribution in [0.3, 0.4) is 0 Å². The van der Waals surface area contributed by atoms with Gasteiger partial charge in [-0.15, -0.1) is 0 Å². The molecule has 2 N–H and O–H groups in total. The van der Waals surface area contributed by atoms with E-state index in [0.717, 1.165) is 83.5 Å². The van der Waals surface area contributed by atoms with Crippen molar-refractivity contribution in [3.8, 4) is 0 Å². The van der Waals surface area contributed by atoms with Crippen molar-refractivity contribution in [1.82, 2.24) is 15.1 Å². The second kappa shape index (κ2) is 9.37. The Morgan fingerprint density at radius 2 is 1.86 bits per heavy atom. The van der Waals surface area contributed by atoms with Crippen molar-refractivity contribution >= 4 is 5.82 Å². The molecule has 0 bridgehead atoms. The molecule has 0 aromatic carbocycles. The summed E-state index contributed by atoms with van der Waals surface area (Å²) in [6.45, 7) is 3.61. The molecule has 2 aliphatic heterocycles. The first-order valence-corrected chi connectivity index (χ1v) is 11.1. The fraction of sp³-hybridized carbons (Fsp3) is 0.810. The summed E-state index contributed by atoms with van der Waals surface area (Å²) in [5.41, 5.74) is -0.108. The van der Waals surface area contributed by atoms with Gasteiger partial charge in [-0.1, -0.05) is 12.8 Å². The lowest BCUT2D eigenvalue weighted by Crippen LogP contribution is -2.49. The molecule has 156 valence electrons. The largest absolute Gasteiger partial charge is 0.391 e. The topological polar surface area (TPSA) is 79.6 Å². The Balaban J connectivity index is 1.49. The molecule has 1 aromatic heterocycles. The monoisotopic (exact) mass is 390 g/mol. The van der Waals surface area contributed by atoms with Crippen molar-refractivity contribution in [3.63, 3.8) is 0 Å². The van der Waals surface area contributed by atoms with Crippen molar-refractivity contribution in [3.05, 3.63) is 22.5 Å². The summed E-state index contributed by atoms with van der Waals surface area (Å²) in [6, 6.07) is 4.23. The molecule has 3 atom stereocenters. The molecule has 2 saturated heterocycles. The average Bonchev–Trinajstić information content (AvgIpc) is 2.74. The lowest BCUT2D eigenvalue weighted by molar-refractivity contribution is 0.0669. The number of nitrogens with zero attached hydrogens (tertiary/aromatic N) is 3. The maximum atomic E-state index is 12.5. The van der Waals surface area contributed by atoms with Crippen LogP contribution in [0.25, 0.3) is 0 Å². The molecule has 7 heteroatoms. The maximum absolute atomic E-state index is 12.5. The smallest absolute Gasteiger partial charge is 0.267 e. The molecule has 0 amide bonds. The molecule has 3 unspecified atom stereocenters. The van der Waals surface area contributed by atoms with Gasteiger partial charge in [-0.2, -0.15) is 5.10 Å². The summed E-state index contributed by atoms with van der Waals surface area (Å²) >= 11 is 0. The average molecular weight is 391 g/mol. The van der Waals surface area contributed by atoms with Gasteiger partial charge in [-0.3, -0.25) is 4.79 Å². The third-order valence-electron chi connectivity index (χ3n) is 6.60. The molecule has 4 rings (SSSR count). The van der Waals surface area contributed by atoms with E-state index in [0.29, 0.717) is 12.1 Å². The Kier molecular flexibility index (Phi) is 6.65. The van der Waals surface area contributed by atoms with E-state index >= 15 is 0 Å². The first-order valence-electron chi connectivity index (χ1n) is 11.1. The minimum Gasteiger partial charge on any atom is -0.391 e. The fourth-order valence-corrected chi connectivity index (χ4v) is 4.90. The van der Waals surface area contributed by atoms with Crippen LogP contribution in [0.1, 0.15) is 63.8 Å². The van der Waals surface area contributed by atoms with Crippen molar-refractivity contribution in [1.29, 1.82) is 0 Å². The SMILES string of the molecule is O=c1ccc(N2CCCCC2CNC2CCOCC2)nn1C1CCCCC1O. The minimum atomic E-state index is -0.471. The highest BCUT2D eigenvalue weighted by atomic mass is 16.5. The number of aliphatic hydroxyl groups excluding tert-OH is 1. The van der Waals surface area contributed by atoms with Crippen LogP contribution >= 0.6 is 0 Å². The number of anilines is 1. The summed E-state index contributed by atoms with van der Waals surface area (Å²) < 4.78 is 7.01. The molecule has 1 aromatic rings. The number of piperidine rings is 1. The number of ether oxygens (including phenoxy) is 1. The number of hydrogen-bond acceptors (Lipinski definition) is 6. The normalized spacial score (nSPS) is 29.8. The molecular weight excluding hydrogens is 356 g/mol. The van der Waals surface area contributed by atoms with E-state index in [1.807, 2.05) is 6.07 Å². The van der Waals surface area contributed by atoms with E-state index in [2.05, 4.69) is 10.2 Å². The standard InChI is InChI=1S/C21H34N4O3/c26-19-7-2-1-6-18(19)25-21(27)9-8-20(23-25)24-12-4-3-5-17(24)15-22-16-10-13-28-14-11-16/h8-9,16-19,22,26H,1-7,10-15H2. The van der Waals surface area contributed by atoms with Gasteiger partial charge >= 0.3 is 0 Å². The van der Waals surface area contributed by atoms with E-state index in [1.54, 1.807) is 10.7 Å². The van der Waals surface area contributed by atoms with Gasteiger partial charge in [-0.25, -0.2) is 4.68 Å². The third-order valence-corrected chi connectivity index (χ3v) is 6.60. The molecule has 7 nitrogen and oxygen atoms in total. The van der Waals surface area contributed by atoms with Crippen LogP contribution in [-0.4, -0.2) is 59.4 Å². The number of nitrogens with one attached hydrogen (secondary N) is 1. The van der Waals surface area contributed by atoms with Gasteiger partial charge in [0.05, 0.1) is 12.1 Å². The Bertz CT molecular complexity index is 688. The van der Waals surface area contributed by atoms with Crippen molar-refractivity contribution in [2.45, 2.75) is 82.0 Å². The Labute approximate surface area is 167 Å². The van der Waals surface area contributed by atoms with Gasteiger partial charge in [0, 0.05) is 44.5 Å². The Hall–Kier alpha value is -1.44. The second-order valence-corrected chi connectivity index (χ2v) is 8.53. The van der Waals surface area contributed by atoms with Crippen molar-refractivity contribution in [2.75, 3.05) is 31.2 Å². The quantitative estimate of drug-likeness (QED) is 0.799. The predicted octanol–water partition coefficient (Wildman–Crippen LogP) is 1.85. The molecule has 3 fully saturated rings. The summed E-state index contributed by atoms with van der Waals surface area (Å²) in [5, 5.41) is 18.9. The second-order valence-electron chi connectivity index (χ2n) is 8.53. The Morgan fingerprint density at radius 3 is 2.68 bits per heavy atom. The van der Waals surface area contributed by atoms with E-state index in [4.69, 9.17) is 9.84 Å². The number of hydrogen-bond donors (Lipinski definition) is 2. The molecule has 0 spiro atoms. The highest BCUT2D eigenvalue weighted by Gasteiger charge is 2.29. The minimum absolute atomic E-state index is 0.108. The molecular formula is C21H34N4O3. The van der Waals surface area contributed by atoms with E-state index in [1.165, 1.54) is 6.42 Å². The van der Waals surface area contributed by atoms with Crippen LogP contribution in [0.5, 0.6) is 0 Å². The summed E-state index contributed by atoms with van der Waals surface area (Å²) in [4.78, 5) is 14.8. The first kappa shape index (κ1) is 19.9. The van der Waals surface area contributed by atoms with Crippen LogP contribution in [0.2, 0.25) is 0 Å². The number of aromatic nitrogens is 2. The first-order chi connectivity index (χ1) is 13.7. The highest BCUT2D eigenvalue weighted by Crippen LogP contribution is 2.28. The van der Waals surface area contributed by atoms with Crippen molar-refractivity contribution < 1.29 is 9.84 Å². The summed E-state index contributed by atoms with van der Waals surface area (Å²) in [7, 11) is 0. The van der Waals surface area contributed by atoms with Gasteiger partial charge in [0.2, 0.25) is 0 Å². The van der Waals surface area contributed by atoms with E-state index in [9.17, 15) is 9.90 Å². The lowest BCUT2D eigenvalue weighted by Gasteiger charge is -2.38. The van der Waals surface area contributed by atoms with Gasteiger partial charge < -0.3 is 20.1 Å². The zero-order valence-electron chi connectivity index (χ0n) is 16.8. The third kappa shape index (κ3) is 4.58. The van der Waals surface area contributed by atoms with Gasteiger partial charge in [-0.05, 0) is 51.0 Å². The highest BCUT2D eigenvalue weighted by molar-refractivity contribution is 5.39. The number of aliphatic hydroxyl groups is 1. The van der Waals surface area contributed by atoms with Crippen molar-refractivity contribution in [2.24, 2.45) is 0 Å². The van der Waals surface area contributed by atoms with Crippen LogP contribution in [0.15, 0.2) is 16.9 Å². The van der Waals surface area contributed by atoms with Crippen LogP contribution in [-0.2, 0) is 4.74 Å². The lowest BCUT2D eigenvalue weighted by atomic mass is 9.93. The van der Waals surface area contributed by atoms with Crippen LogP contribution in [0.4, 0.5) is 5.82 Å². The predicted molar refractivity (Wildman–Crippen MR) is 109 cm³/mol. The maximum Gasteiger partial charge on any atom is 0.267 e. The zero-order valence-corrected chi connectivity index (χ0v) is 16.8. The fourth-order valence-electron chi connectivity index (χ4n) is 4.90. The van der Waals surface area contributed by atoms with E-state index < -0.39 is 6.10 Å². The van der Waals surface area contributed by atoms with E-state index in [-0.39, 0.29) is 11.6 Å². The Morgan fingerprint density at radius 1 is 1.07 bits per heavy atom. The van der Waals surface area contributed by atoms with Gasteiger partial charge in [0.1, 0.15) is 5.82 Å². The van der Waals surface area contributed by atoms with Crippen LogP contribution < -0.4 is 15.8 Å².